The number of nitrogen functional groups attached to an aromatic ring is 5. The summed E-state index contributed by atoms with van der Waals surface area (Å²) in [6.07, 6.45) is 24.4. The van der Waals surface area contributed by atoms with Crippen molar-refractivity contribution in [1.29, 1.82) is 0 Å². The van der Waals surface area contributed by atoms with Crippen LogP contribution in [0.1, 0.15) is 212 Å². The lowest BCUT2D eigenvalue weighted by atomic mass is 10.1. The van der Waals surface area contributed by atoms with E-state index in [2.05, 4.69) is 159 Å². The van der Waals surface area contributed by atoms with E-state index in [1.54, 1.807) is 84.4 Å². The average molecular weight is 2020 g/mol. The Morgan fingerprint density at radius 3 is 0.906 bits per heavy atom. The highest BCUT2D eigenvalue weighted by Crippen LogP contribution is 2.39. The van der Waals surface area contributed by atoms with Crippen LogP contribution in [-0.2, 0) is 115 Å². The standard InChI is InChI=1S/C25H29N5O2.C24H26N4O2.C22H26N6O2.C22H23N5O2.C21H22N4O2S/c1-3-4-5-21-29-22-23(30(21)13-12-16-6-8-17(15-26)9-7-16)19-11-10-18(25(31)32-2)14-20(19)28-24(22)27;1-3-4-10-20-27-21-22(28(20)14-13-16-8-6-5-7-9-16)18-12-11-17(24(29)30-2)15-19(18)26-23(21)25;1-3-4-5-18-26-19-20(28(18)12-14-8-9-27(11-14)13-23)16-7-6-15(22(29)30-2)10-17(16)25-21(19)24;1-3-4-5-18-26-19-20(27(18)13-14-8-10-24-11-9-14)16-7-6-15(22(28)29-2)12-17(16)25-21(19)23;1-3-4-7-17-24-18-19(25(17)12-14-6-5-10-28-14)15-9-8-13(21(26)27-2)11-16(15)23-20(18)22/h6-11,14H,3-5,12-13,15,26H2,1-2H3,(H2,27,28);5-9,11-12,15H,3-4,10,13-14H2,1-2H3,(H2,25,26);6-11H,3-5,12-13,23H2,1-2H3,(H2,24,25);6-12H,3-5,13H2,1-2H3,(H2,23,25);5-6,8-11H,3-4,7,12H2,1-2H3,(H2,22,23). The maximum absolute atomic E-state index is 12.0. The molecule has 34 nitrogen and oxygen atoms in total. The fraction of sp³-hybridized carbons (Fsp3) is 0.298. The molecule has 7 aromatic carbocycles. The summed E-state index contributed by atoms with van der Waals surface area (Å²) in [5, 5.41) is 6.69. The number of rotatable bonds is 34. The lowest BCUT2D eigenvalue weighted by Gasteiger charge is -2.12. The first-order chi connectivity index (χ1) is 72.5. The van der Waals surface area contributed by atoms with E-state index in [0.717, 1.165) is 240 Å². The molecule has 149 heavy (non-hydrogen) atoms. The molecule has 0 fully saturated rings. The average Bonchev–Trinajstić information content (AvgIpc) is 1.62. The molecule has 0 aliphatic carbocycles. The van der Waals surface area contributed by atoms with E-state index in [-0.39, 0.29) is 0 Å². The molecule has 0 aliphatic rings. The van der Waals surface area contributed by atoms with E-state index >= 15 is 0 Å². The van der Waals surface area contributed by atoms with Gasteiger partial charge in [-0.15, -0.1) is 11.3 Å². The number of fused-ring (bicyclic) bond motifs is 15. The van der Waals surface area contributed by atoms with Gasteiger partial charge in [0.2, 0.25) is 0 Å². The van der Waals surface area contributed by atoms with E-state index in [1.807, 2.05) is 65.5 Å². The SMILES string of the molecule is CCCCc1nc2c(N)nc3cc(C(=O)OC)ccc3c2n1CCc1ccc(CN)cc1.CCCCc1nc2c(N)nc3cc(C(=O)OC)ccc3c2n1CCc1ccccc1.CCCCc1nc2c(N)nc3cc(C(=O)OC)ccc3c2n1Cc1cccs1.CCCCc1nc2c(N)nc3cc(C(=O)OC)ccc3c2n1Cc1ccn(CN)c1.CCCCc1nc2c(N)nc3cc(C(=O)OC)ccc3c2n1Cc1ccncc1. The van der Waals surface area contributed by atoms with Crippen LogP contribution in [-0.4, -0.2) is 148 Å². The number of nitrogens with zero attached hydrogens (tertiary/aromatic N) is 17. The van der Waals surface area contributed by atoms with Crippen molar-refractivity contribution in [2.24, 2.45) is 11.5 Å². The van der Waals surface area contributed by atoms with Crippen LogP contribution in [0.25, 0.3) is 110 Å². The molecule has 0 saturated heterocycles. The van der Waals surface area contributed by atoms with Crippen molar-refractivity contribution in [3.8, 4) is 0 Å². The molecular formula is C114H126N24O10S. The van der Waals surface area contributed by atoms with Crippen LogP contribution >= 0.6 is 11.3 Å². The van der Waals surface area contributed by atoms with Gasteiger partial charge in [-0.2, -0.15) is 0 Å². The Balaban J connectivity index is 0.000000133. The summed E-state index contributed by atoms with van der Waals surface area (Å²) in [6.45, 7) is 15.5. The number of esters is 5. The Morgan fingerprint density at radius 2 is 0.611 bits per heavy atom. The number of anilines is 5. The summed E-state index contributed by atoms with van der Waals surface area (Å²) >= 11 is 1.72. The molecule has 0 unspecified atom stereocenters. The van der Waals surface area contributed by atoms with Gasteiger partial charge in [-0.05, 0) is 193 Å². The summed E-state index contributed by atoms with van der Waals surface area (Å²) in [5.74, 6) is 4.89. The lowest BCUT2D eigenvalue weighted by Crippen LogP contribution is -2.07. The van der Waals surface area contributed by atoms with Gasteiger partial charge < -0.3 is 91.2 Å². The summed E-state index contributed by atoms with van der Waals surface area (Å²) in [7, 11) is 6.83. The number of aryl methyl sites for hydroxylation is 9. The Bertz CT molecular complexity index is 8240. The number of imidazole rings is 5. The number of hydrogen-bond acceptors (Lipinski definition) is 29. The molecule has 0 radical (unpaired) electrons. The molecule has 20 aromatic rings. The second kappa shape index (κ2) is 48.6. The fourth-order valence-electron chi connectivity index (χ4n) is 18.7. The molecule has 0 amide bonds. The van der Waals surface area contributed by atoms with Crippen LogP contribution in [0.5, 0.6) is 0 Å². The number of carbonyl (C=O) groups is 5. The summed E-state index contributed by atoms with van der Waals surface area (Å²) in [5.41, 5.74) is 62.7. The van der Waals surface area contributed by atoms with E-state index in [4.69, 9.17) is 88.7 Å². The predicted molar refractivity (Wildman–Crippen MR) is 590 cm³/mol. The van der Waals surface area contributed by atoms with Gasteiger partial charge in [0.25, 0.3) is 0 Å². The van der Waals surface area contributed by atoms with E-state index < -0.39 is 29.8 Å². The van der Waals surface area contributed by atoms with Crippen molar-refractivity contribution >= 4 is 180 Å². The summed E-state index contributed by atoms with van der Waals surface area (Å²) < 4.78 is 37.3. The van der Waals surface area contributed by atoms with Crippen LogP contribution < -0.4 is 40.1 Å². The molecule has 13 aromatic heterocycles. The molecule has 13 heterocycles. The first kappa shape index (κ1) is 105. The number of hydrogen-bond donors (Lipinski definition) is 7. The molecule has 0 aliphatic heterocycles. The third kappa shape index (κ3) is 23.4. The quantitative estimate of drug-likeness (QED) is 0.0145. The number of methoxy groups -OCH3 is 5. The van der Waals surface area contributed by atoms with Crippen LogP contribution in [0.4, 0.5) is 29.1 Å². The molecule has 35 heteroatoms. The highest BCUT2D eigenvalue weighted by molar-refractivity contribution is 7.09. The zero-order valence-corrected chi connectivity index (χ0v) is 86.6. The number of benzene rings is 7. The fourth-order valence-corrected chi connectivity index (χ4v) is 19.4. The Labute approximate surface area is 865 Å². The second-order valence-electron chi connectivity index (χ2n) is 36.5. The van der Waals surface area contributed by atoms with Crippen molar-refractivity contribution in [3.63, 3.8) is 0 Å². The molecule has 0 spiro atoms. The van der Waals surface area contributed by atoms with Crippen LogP contribution in [0.15, 0.2) is 206 Å². The zero-order valence-electron chi connectivity index (χ0n) is 85.7. The van der Waals surface area contributed by atoms with Crippen LogP contribution in [0.3, 0.4) is 0 Å². The highest BCUT2D eigenvalue weighted by Gasteiger charge is 2.27. The minimum absolute atomic E-state index is 0.357. The third-order valence-corrected chi connectivity index (χ3v) is 27.3. The van der Waals surface area contributed by atoms with Gasteiger partial charge in [0.15, 0.2) is 29.1 Å². The van der Waals surface area contributed by atoms with Gasteiger partial charge >= 0.3 is 29.8 Å². The van der Waals surface area contributed by atoms with Gasteiger partial charge in [-0.3, -0.25) is 4.98 Å². The van der Waals surface area contributed by atoms with E-state index in [0.29, 0.717) is 127 Å². The molecule has 14 N–H and O–H groups in total. The van der Waals surface area contributed by atoms with E-state index in [9.17, 15) is 24.0 Å². The first-order valence-corrected chi connectivity index (χ1v) is 51.3. The minimum atomic E-state index is -0.405. The largest absolute Gasteiger partial charge is 0.465 e. The first-order valence-electron chi connectivity index (χ1n) is 50.4. The van der Waals surface area contributed by atoms with Crippen molar-refractivity contribution in [1.82, 2.24) is 82.2 Å². The highest BCUT2D eigenvalue weighted by atomic mass is 32.1. The number of nitrogens with two attached hydrogens (primary N) is 7. The maximum atomic E-state index is 12.0. The van der Waals surface area contributed by atoms with Crippen molar-refractivity contribution in [2.45, 2.75) is 190 Å². The van der Waals surface area contributed by atoms with Crippen molar-refractivity contribution in [3.05, 3.63) is 296 Å². The number of thiophene rings is 1. The zero-order chi connectivity index (χ0) is 105. The number of unbranched alkanes of at least 4 members (excludes halogenated alkanes) is 5. The van der Waals surface area contributed by atoms with Gasteiger partial charge in [0, 0.05) is 115 Å². The Kier molecular flexibility index (Phi) is 34.3. The Hall–Kier alpha value is -16.7. The van der Waals surface area contributed by atoms with Crippen LogP contribution in [0.2, 0.25) is 0 Å². The lowest BCUT2D eigenvalue weighted by molar-refractivity contribution is 0.0592. The van der Waals surface area contributed by atoms with Gasteiger partial charge in [0.1, 0.15) is 56.7 Å². The monoisotopic (exact) mass is 2020 g/mol. The molecule has 0 bridgehead atoms. The molecule has 0 saturated carbocycles. The molecule has 0 atom stereocenters. The predicted octanol–water partition coefficient (Wildman–Crippen LogP) is 19.7. The van der Waals surface area contributed by atoms with Gasteiger partial charge in [0.05, 0.1) is 138 Å². The third-order valence-electron chi connectivity index (χ3n) is 26.5. The van der Waals surface area contributed by atoms with Crippen molar-refractivity contribution in [2.75, 3.05) is 64.2 Å². The van der Waals surface area contributed by atoms with Gasteiger partial charge in [-0.1, -0.05) is 127 Å². The molecular weight excluding hydrogens is 1900 g/mol. The van der Waals surface area contributed by atoms with Crippen LogP contribution in [0, 0.1) is 0 Å². The molecule has 20 rings (SSSR count). The molecule has 768 valence electrons. The normalized spacial score (nSPS) is 11.3. The van der Waals surface area contributed by atoms with Gasteiger partial charge in [-0.25, -0.2) is 73.8 Å². The maximum Gasteiger partial charge on any atom is 0.337 e. The number of pyridine rings is 6. The summed E-state index contributed by atoms with van der Waals surface area (Å²) in [4.78, 5) is 112. The smallest absolute Gasteiger partial charge is 0.337 e. The number of ether oxygens (including phenoxy) is 5. The minimum Gasteiger partial charge on any atom is -0.465 e. The number of carbonyl (C=O) groups excluding carboxylic acids is 5. The summed E-state index contributed by atoms with van der Waals surface area (Å²) in [6, 6.07) is 56.0. The topological polar surface area (TPSA) is 485 Å². The second-order valence-corrected chi connectivity index (χ2v) is 37.5. The van der Waals surface area contributed by atoms with E-state index in [1.165, 1.54) is 51.6 Å². The Morgan fingerprint density at radius 1 is 0.309 bits per heavy atom. The van der Waals surface area contributed by atoms with Crippen molar-refractivity contribution < 1.29 is 47.7 Å². The number of aromatic nitrogens is 17.